The van der Waals surface area contributed by atoms with Crippen molar-refractivity contribution < 1.29 is 22.7 Å². The summed E-state index contributed by atoms with van der Waals surface area (Å²) in [6.07, 6.45) is 0.134. The zero-order chi connectivity index (χ0) is 20.0. The highest BCUT2D eigenvalue weighted by Gasteiger charge is 2.37. The summed E-state index contributed by atoms with van der Waals surface area (Å²) in [4.78, 5) is 17.7. The van der Waals surface area contributed by atoms with Gasteiger partial charge in [0.2, 0.25) is 0 Å². The van der Waals surface area contributed by atoms with E-state index in [4.69, 9.17) is 4.74 Å². The van der Waals surface area contributed by atoms with Crippen molar-refractivity contribution in [1.29, 1.82) is 0 Å². The van der Waals surface area contributed by atoms with E-state index in [0.29, 0.717) is 16.9 Å². The molecule has 146 valence electrons. The second-order valence-electron chi connectivity index (χ2n) is 6.70. The molecule has 1 fully saturated rings. The summed E-state index contributed by atoms with van der Waals surface area (Å²) in [5.74, 6) is -1.43. The number of esters is 1. The van der Waals surface area contributed by atoms with Crippen LogP contribution >= 0.6 is 0 Å². The van der Waals surface area contributed by atoms with E-state index in [1.807, 2.05) is 0 Å². The first-order valence-corrected chi connectivity index (χ1v) is 8.65. The molecule has 0 amide bonds. The predicted molar refractivity (Wildman–Crippen MR) is 95.8 cm³/mol. The Morgan fingerprint density at radius 3 is 2.82 bits per heavy atom. The lowest BCUT2D eigenvalue weighted by Gasteiger charge is -2.25. The Bertz CT molecular complexity index is 1070. The number of hydrogen-bond donors (Lipinski definition) is 0. The van der Waals surface area contributed by atoms with E-state index >= 15 is 0 Å². The number of aryl methyl sites for hydroxylation is 1. The molecule has 2 aromatic heterocycles. The van der Waals surface area contributed by atoms with Crippen LogP contribution in [0, 0.1) is 11.6 Å². The van der Waals surface area contributed by atoms with Crippen LogP contribution < -0.4 is 4.90 Å². The van der Waals surface area contributed by atoms with Crippen LogP contribution in [0.2, 0.25) is 0 Å². The Morgan fingerprint density at radius 2 is 2.07 bits per heavy atom. The molecule has 28 heavy (non-hydrogen) atoms. The highest BCUT2D eigenvalue weighted by atomic mass is 19.1. The normalized spacial score (nSPS) is 19.4. The number of carbonyl (C=O) groups excluding carboxylic acids is 1. The van der Waals surface area contributed by atoms with Crippen molar-refractivity contribution in [3.63, 3.8) is 0 Å². The van der Waals surface area contributed by atoms with Gasteiger partial charge < -0.3 is 9.64 Å². The second kappa shape index (κ2) is 6.81. The fraction of sp³-hybridized carbons (Fsp3) is 0.316. The molecule has 3 heterocycles. The number of hydrogen-bond acceptors (Lipinski definition) is 5. The van der Waals surface area contributed by atoms with Gasteiger partial charge in [-0.05, 0) is 24.3 Å². The number of fused-ring (bicyclic) bond motifs is 1. The standard InChI is InChI=1S/C19H17F3N4O2/c1-25-17-14(5-10(8-23-17)19(27)28-2)18(24-25)26-9-12(21)7-16(26)13-6-11(20)3-4-15(13)22/h3-6,8,12,16H,7,9H2,1-2H3/t12-,16?/m0/s1. The van der Waals surface area contributed by atoms with E-state index in [1.165, 1.54) is 18.0 Å². The Labute approximate surface area is 158 Å². The summed E-state index contributed by atoms with van der Waals surface area (Å²) in [5.41, 5.74) is 0.758. The van der Waals surface area contributed by atoms with Gasteiger partial charge in [0.25, 0.3) is 0 Å². The maximum absolute atomic E-state index is 14.4. The third-order valence-electron chi connectivity index (χ3n) is 4.92. The summed E-state index contributed by atoms with van der Waals surface area (Å²) in [7, 11) is 2.92. The Hall–Kier alpha value is -3.10. The zero-order valence-corrected chi connectivity index (χ0v) is 15.2. The number of alkyl halides is 1. The van der Waals surface area contributed by atoms with Gasteiger partial charge in [-0.3, -0.25) is 0 Å². The van der Waals surface area contributed by atoms with Crippen molar-refractivity contribution in [2.75, 3.05) is 18.6 Å². The van der Waals surface area contributed by atoms with Crippen molar-refractivity contribution in [3.05, 3.63) is 53.2 Å². The smallest absolute Gasteiger partial charge is 0.339 e. The molecule has 0 N–H and O–H groups in total. The first-order chi connectivity index (χ1) is 13.4. The number of rotatable bonds is 3. The van der Waals surface area contributed by atoms with Gasteiger partial charge in [-0.15, -0.1) is 0 Å². The van der Waals surface area contributed by atoms with Gasteiger partial charge in [0.1, 0.15) is 17.8 Å². The molecule has 0 spiro atoms. The van der Waals surface area contributed by atoms with Crippen LogP contribution in [-0.2, 0) is 11.8 Å². The van der Waals surface area contributed by atoms with E-state index in [-0.39, 0.29) is 24.1 Å². The van der Waals surface area contributed by atoms with Gasteiger partial charge in [-0.25, -0.2) is 27.6 Å². The number of carbonyl (C=O) groups is 1. The number of halogens is 3. The van der Waals surface area contributed by atoms with Crippen LogP contribution in [0.1, 0.15) is 28.4 Å². The molecule has 1 aliphatic heterocycles. The molecule has 1 aliphatic rings. The number of ether oxygens (including phenoxy) is 1. The van der Waals surface area contributed by atoms with E-state index in [1.54, 1.807) is 18.0 Å². The average Bonchev–Trinajstić information content (AvgIpc) is 3.22. The van der Waals surface area contributed by atoms with Crippen molar-refractivity contribution >= 4 is 22.8 Å². The largest absolute Gasteiger partial charge is 0.465 e. The summed E-state index contributed by atoms with van der Waals surface area (Å²) >= 11 is 0. The van der Waals surface area contributed by atoms with E-state index in [2.05, 4.69) is 10.1 Å². The third-order valence-corrected chi connectivity index (χ3v) is 4.92. The molecule has 2 atom stereocenters. The fourth-order valence-electron chi connectivity index (χ4n) is 3.65. The van der Waals surface area contributed by atoms with Gasteiger partial charge >= 0.3 is 5.97 Å². The molecule has 1 aromatic carbocycles. The highest BCUT2D eigenvalue weighted by Crippen LogP contribution is 2.40. The molecule has 1 unspecified atom stereocenters. The molecule has 4 rings (SSSR count). The molecule has 9 heteroatoms. The molecule has 0 aliphatic carbocycles. The van der Waals surface area contributed by atoms with Crippen LogP contribution in [-0.4, -0.2) is 40.6 Å². The Kier molecular flexibility index (Phi) is 4.44. The molecule has 1 saturated heterocycles. The van der Waals surface area contributed by atoms with Crippen LogP contribution in [0.15, 0.2) is 30.5 Å². The monoisotopic (exact) mass is 390 g/mol. The summed E-state index contributed by atoms with van der Waals surface area (Å²) < 4.78 is 48.6. The second-order valence-corrected chi connectivity index (χ2v) is 6.70. The minimum absolute atomic E-state index is 0.00254. The Morgan fingerprint density at radius 1 is 1.29 bits per heavy atom. The van der Waals surface area contributed by atoms with Crippen molar-refractivity contribution in [2.45, 2.75) is 18.6 Å². The maximum Gasteiger partial charge on any atom is 0.339 e. The predicted octanol–water partition coefficient (Wildman–Crippen LogP) is 3.32. The topological polar surface area (TPSA) is 60.2 Å². The van der Waals surface area contributed by atoms with Crippen molar-refractivity contribution in [2.24, 2.45) is 7.05 Å². The lowest BCUT2D eigenvalue weighted by atomic mass is 10.0. The van der Waals surface area contributed by atoms with Gasteiger partial charge in [0, 0.05) is 25.2 Å². The van der Waals surface area contributed by atoms with E-state index in [0.717, 1.165) is 18.2 Å². The minimum atomic E-state index is -1.23. The number of benzene rings is 1. The Balaban J connectivity index is 1.85. The number of aromatic nitrogens is 3. The summed E-state index contributed by atoms with van der Waals surface area (Å²) in [5, 5.41) is 4.91. The number of pyridine rings is 1. The fourth-order valence-corrected chi connectivity index (χ4v) is 3.65. The number of methoxy groups -OCH3 is 1. The number of nitrogens with zero attached hydrogens (tertiary/aromatic N) is 4. The quantitative estimate of drug-likeness (QED) is 0.642. The molecule has 0 radical (unpaired) electrons. The molecule has 0 bridgehead atoms. The first kappa shape index (κ1) is 18.3. The summed E-state index contributed by atoms with van der Waals surface area (Å²) in [6.45, 7) is -0.0326. The van der Waals surface area contributed by atoms with E-state index in [9.17, 15) is 18.0 Å². The highest BCUT2D eigenvalue weighted by molar-refractivity contribution is 5.96. The lowest BCUT2D eigenvalue weighted by molar-refractivity contribution is 0.0600. The molecule has 6 nitrogen and oxygen atoms in total. The first-order valence-electron chi connectivity index (χ1n) is 8.65. The molecular formula is C19H17F3N4O2. The van der Waals surface area contributed by atoms with Crippen LogP contribution in [0.5, 0.6) is 0 Å². The van der Waals surface area contributed by atoms with Gasteiger partial charge in [0.15, 0.2) is 11.5 Å². The maximum atomic E-state index is 14.4. The van der Waals surface area contributed by atoms with Crippen molar-refractivity contribution in [1.82, 2.24) is 14.8 Å². The van der Waals surface area contributed by atoms with E-state index < -0.39 is 29.8 Å². The molecule has 3 aromatic rings. The van der Waals surface area contributed by atoms with Gasteiger partial charge in [-0.2, -0.15) is 5.10 Å². The third kappa shape index (κ3) is 2.96. The molecule has 0 saturated carbocycles. The molecular weight excluding hydrogens is 373 g/mol. The van der Waals surface area contributed by atoms with Crippen molar-refractivity contribution in [3.8, 4) is 0 Å². The van der Waals surface area contributed by atoms with Crippen LogP contribution in [0.4, 0.5) is 19.0 Å². The zero-order valence-electron chi connectivity index (χ0n) is 15.2. The summed E-state index contributed by atoms with van der Waals surface area (Å²) in [6, 6.07) is 3.95. The average molecular weight is 390 g/mol. The number of anilines is 1. The lowest BCUT2D eigenvalue weighted by Crippen LogP contribution is -2.25. The van der Waals surface area contributed by atoms with Gasteiger partial charge in [0.05, 0.1) is 30.6 Å². The minimum Gasteiger partial charge on any atom is -0.465 e. The van der Waals surface area contributed by atoms with Gasteiger partial charge in [-0.1, -0.05) is 0 Å². The SMILES string of the molecule is COC(=O)c1cnc2c(c1)c(N1C[C@@H](F)CC1c1cc(F)ccc1F)nn2C. The van der Waals surface area contributed by atoms with Crippen LogP contribution in [0.3, 0.4) is 0 Å². The van der Waals surface area contributed by atoms with Crippen LogP contribution in [0.25, 0.3) is 11.0 Å².